The van der Waals surface area contributed by atoms with Crippen molar-refractivity contribution < 1.29 is 23.2 Å². The monoisotopic (exact) mass is 368 g/mol. The van der Waals surface area contributed by atoms with Crippen molar-refractivity contribution >= 4 is 21.7 Å². The molecule has 1 saturated carbocycles. The molecule has 3 rings (SSSR count). The Labute approximate surface area is 145 Å². The van der Waals surface area contributed by atoms with Gasteiger partial charge in [0.25, 0.3) is 5.69 Å². The second-order valence-electron chi connectivity index (χ2n) is 6.71. The molecule has 1 aliphatic heterocycles. The Balaban J connectivity index is 1.86. The van der Waals surface area contributed by atoms with Crippen LogP contribution in [0.1, 0.15) is 37.7 Å². The summed E-state index contributed by atoms with van der Waals surface area (Å²) in [5.74, 6) is -1.36. The van der Waals surface area contributed by atoms with E-state index in [2.05, 4.69) is 0 Å². The predicted molar refractivity (Wildman–Crippen MR) is 89.3 cm³/mol. The van der Waals surface area contributed by atoms with Crippen LogP contribution in [0, 0.1) is 16.0 Å². The number of nitro benzene ring substituents is 1. The number of fused-ring (bicyclic) bond motifs is 1. The summed E-state index contributed by atoms with van der Waals surface area (Å²) in [6.45, 7) is 0. The van der Waals surface area contributed by atoms with Crippen molar-refractivity contribution in [3.63, 3.8) is 0 Å². The predicted octanol–water partition coefficient (Wildman–Crippen LogP) is 2.14. The smallest absolute Gasteiger partial charge is 0.322 e. The van der Waals surface area contributed by atoms with Crippen LogP contribution in [0.15, 0.2) is 24.3 Å². The molecule has 3 unspecified atom stereocenters. The molecule has 1 aromatic rings. The van der Waals surface area contributed by atoms with Crippen molar-refractivity contribution in [2.75, 3.05) is 0 Å². The van der Waals surface area contributed by atoms with Crippen LogP contribution in [0.3, 0.4) is 0 Å². The lowest BCUT2D eigenvalue weighted by Crippen LogP contribution is -2.46. The van der Waals surface area contributed by atoms with Gasteiger partial charge in [-0.25, -0.2) is 8.42 Å². The van der Waals surface area contributed by atoms with E-state index in [9.17, 15) is 28.4 Å². The SMILES string of the molecule is O=C(O)C1CC2CCCCC2N1S(=O)(=O)Cc1ccc([N+](=O)[O-])cc1. The van der Waals surface area contributed by atoms with E-state index in [1.54, 1.807) is 0 Å². The number of carbonyl (C=O) groups is 1. The van der Waals surface area contributed by atoms with Gasteiger partial charge in [-0.05, 0) is 30.7 Å². The maximum Gasteiger partial charge on any atom is 0.322 e. The molecule has 1 saturated heterocycles. The van der Waals surface area contributed by atoms with Crippen LogP contribution in [0.4, 0.5) is 5.69 Å². The summed E-state index contributed by atoms with van der Waals surface area (Å²) in [5.41, 5.74) is 0.298. The molecule has 0 radical (unpaired) electrons. The minimum absolute atomic E-state index is 0.0986. The lowest BCUT2D eigenvalue weighted by atomic mass is 9.85. The first-order chi connectivity index (χ1) is 11.8. The van der Waals surface area contributed by atoms with Crippen LogP contribution < -0.4 is 0 Å². The largest absolute Gasteiger partial charge is 0.480 e. The number of non-ortho nitro benzene ring substituents is 1. The number of nitrogens with zero attached hydrogens (tertiary/aromatic N) is 2. The minimum Gasteiger partial charge on any atom is -0.480 e. The average molecular weight is 368 g/mol. The molecule has 9 heteroatoms. The van der Waals surface area contributed by atoms with Crippen molar-refractivity contribution in [1.29, 1.82) is 0 Å². The first kappa shape index (κ1) is 17.8. The summed E-state index contributed by atoms with van der Waals surface area (Å²) >= 11 is 0. The lowest BCUT2D eigenvalue weighted by Gasteiger charge is -2.32. The van der Waals surface area contributed by atoms with Crippen LogP contribution >= 0.6 is 0 Å². The number of rotatable bonds is 5. The van der Waals surface area contributed by atoms with Crippen molar-refractivity contribution in [2.24, 2.45) is 5.92 Å². The van der Waals surface area contributed by atoms with Crippen LogP contribution in [0.2, 0.25) is 0 Å². The summed E-state index contributed by atoms with van der Waals surface area (Å²) in [7, 11) is -3.83. The number of benzene rings is 1. The summed E-state index contributed by atoms with van der Waals surface area (Å²) in [6, 6.07) is 4.05. The first-order valence-corrected chi connectivity index (χ1v) is 9.88. The molecule has 1 aromatic carbocycles. The molecule has 2 fully saturated rings. The number of sulfonamides is 1. The summed E-state index contributed by atoms with van der Waals surface area (Å²) in [4.78, 5) is 21.7. The van der Waals surface area contributed by atoms with E-state index in [0.29, 0.717) is 18.4 Å². The fraction of sp³-hybridized carbons (Fsp3) is 0.562. The second-order valence-corrected chi connectivity index (χ2v) is 8.59. The third-order valence-electron chi connectivity index (χ3n) is 5.13. The molecular formula is C16H20N2O6S. The van der Waals surface area contributed by atoms with E-state index in [-0.39, 0.29) is 23.4 Å². The summed E-state index contributed by atoms with van der Waals surface area (Å²) in [5, 5.41) is 20.2. The molecular weight excluding hydrogens is 348 g/mol. The maximum absolute atomic E-state index is 12.9. The number of carboxylic acid groups (broad SMARTS) is 1. The van der Waals surface area contributed by atoms with Crippen molar-refractivity contribution in [1.82, 2.24) is 4.31 Å². The van der Waals surface area contributed by atoms with Gasteiger partial charge in [0.1, 0.15) is 6.04 Å². The minimum atomic E-state index is -3.83. The van der Waals surface area contributed by atoms with Gasteiger partial charge < -0.3 is 5.11 Å². The van der Waals surface area contributed by atoms with Crippen LogP contribution in [0.5, 0.6) is 0 Å². The van der Waals surface area contributed by atoms with E-state index in [0.717, 1.165) is 19.3 Å². The second kappa shape index (κ2) is 6.72. The number of nitro groups is 1. The zero-order valence-electron chi connectivity index (χ0n) is 13.6. The zero-order chi connectivity index (χ0) is 18.2. The molecule has 3 atom stereocenters. The van der Waals surface area contributed by atoms with Crippen LogP contribution in [-0.2, 0) is 20.6 Å². The van der Waals surface area contributed by atoms with Gasteiger partial charge in [0.05, 0.1) is 10.7 Å². The van der Waals surface area contributed by atoms with Gasteiger partial charge in [-0.1, -0.05) is 25.0 Å². The standard InChI is InChI=1S/C16H20N2O6S/c19-16(20)15-9-12-3-1-2-4-14(12)17(15)25(23,24)10-11-5-7-13(8-6-11)18(21)22/h5-8,12,14-15H,1-4,9-10H2,(H,19,20). The molecule has 136 valence electrons. The lowest BCUT2D eigenvalue weighted by molar-refractivity contribution is -0.384. The van der Waals surface area contributed by atoms with Crippen molar-refractivity contribution in [3.8, 4) is 0 Å². The quantitative estimate of drug-likeness (QED) is 0.628. The van der Waals surface area contributed by atoms with Crippen molar-refractivity contribution in [3.05, 3.63) is 39.9 Å². The fourth-order valence-corrected chi connectivity index (χ4v) is 6.05. The Morgan fingerprint density at radius 3 is 2.48 bits per heavy atom. The summed E-state index contributed by atoms with van der Waals surface area (Å²) < 4.78 is 27.0. The molecule has 0 amide bonds. The van der Waals surface area contributed by atoms with Gasteiger partial charge in [-0.3, -0.25) is 14.9 Å². The molecule has 2 aliphatic rings. The zero-order valence-corrected chi connectivity index (χ0v) is 14.4. The summed E-state index contributed by atoms with van der Waals surface area (Å²) in [6.07, 6.45) is 3.81. The Kier molecular flexibility index (Phi) is 4.79. The normalized spacial score (nSPS) is 27.0. The molecule has 8 nitrogen and oxygen atoms in total. The highest BCUT2D eigenvalue weighted by Gasteiger charge is 2.50. The van der Waals surface area contributed by atoms with Gasteiger partial charge >= 0.3 is 5.97 Å². The molecule has 1 heterocycles. The van der Waals surface area contributed by atoms with E-state index < -0.39 is 27.0 Å². The van der Waals surface area contributed by atoms with Crippen LogP contribution in [0.25, 0.3) is 0 Å². The Morgan fingerprint density at radius 1 is 1.24 bits per heavy atom. The number of hydrogen-bond donors (Lipinski definition) is 1. The Morgan fingerprint density at radius 2 is 1.88 bits per heavy atom. The number of aliphatic carboxylic acids is 1. The van der Waals surface area contributed by atoms with Gasteiger partial charge in [0.2, 0.25) is 10.0 Å². The Bertz CT molecular complexity index is 776. The van der Waals surface area contributed by atoms with E-state index in [4.69, 9.17) is 0 Å². The number of hydrogen-bond acceptors (Lipinski definition) is 5. The van der Waals surface area contributed by atoms with Gasteiger partial charge in [-0.2, -0.15) is 4.31 Å². The van der Waals surface area contributed by atoms with E-state index in [1.807, 2.05) is 0 Å². The average Bonchev–Trinajstić information content (AvgIpc) is 2.95. The fourth-order valence-electron chi connectivity index (χ4n) is 4.03. The van der Waals surface area contributed by atoms with Gasteiger partial charge in [-0.15, -0.1) is 0 Å². The van der Waals surface area contributed by atoms with E-state index in [1.165, 1.54) is 28.6 Å². The highest BCUT2D eigenvalue weighted by Crippen LogP contribution is 2.42. The molecule has 0 aromatic heterocycles. The van der Waals surface area contributed by atoms with Crippen LogP contribution in [-0.4, -0.2) is 40.8 Å². The van der Waals surface area contributed by atoms with Gasteiger partial charge in [0.15, 0.2) is 0 Å². The Hall–Kier alpha value is -2.00. The molecule has 1 N–H and O–H groups in total. The highest BCUT2D eigenvalue weighted by molar-refractivity contribution is 7.88. The third kappa shape index (κ3) is 3.52. The topological polar surface area (TPSA) is 118 Å². The molecule has 0 bridgehead atoms. The maximum atomic E-state index is 12.9. The first-order valence-electron chi connectivity index (χ1n) is 8.27. The third-order valence-corrected chi connectivity index (χ3v) is 7.00. The molecule has 25 heavy (non-hydrogen) atoms. The van der Waals surface area contributed by atoms with Gasteiger partial charge in [0, 0.05) is 18.2 Å². The van der Waals surface area contributed by atoms with Crippen molar-refractivity contribution in [2.45, 2.75) is 49.9 Å². The number of carboxylic acids is 1. The highest BCUT2D eigenvalue weighted by atomic mass is 32.2. The molecule has 0 spiro atoms. The van der Waals surface area contributed by atoms with E-state index >= 15 is 0 Å². The molecule has 1 aliphatic carbocycles.